The molecule has 3 atom stereocenters. The lowest BCUT2D eigenvalue weighted by atomic mass is 9.82. The molecule has 6 nitrogen and oxygen atoms in total. The molecule has 0 aliphatic carbocycles. The van der Waals surface area contributed by atoms with E-state index in [1.165, 1.54) is 10.4 Å². The molecule has 4 aliphatic rings. The molecular formula is C21H29N3O3S. The lowest BCUT2D eigenvalue weighted by Crippen LogP contribution is -2.55. The number of piperidine rings is 1. The standard InChI is InChI=1S/C21H29N3O3S/c1-2-17-15(11-14-12-22-13-19(25)24(14)17)20(26)23-7-5-21(6-8-23)16-4-10-28-18(16)3-9-27-21/h4,10,14-15,17,22H,2-3,5-9,11-13H2,1H3/t14-,15-,17-/m1/s1. The van der Waals surface area contributed by atoms with Crippen LogP contribution >= 0.6 is 11.3 Å². The Morgan fingerprint density at radius 2 is 2.21 bits per heavy atom. The molecule has 5 heterocycles. The summed E-state index contributed by atoms with van der Waals surface area (Å²) in [4.78, 5) is 31.3. The van der Waals surface area contributed by atoms with Gasteiger partial charge in [-0.25, -0.2) is 0 Å². The van der Waals surface area contributed by atoms with Crippen LogP contribution in [0.3, 0.4) is 0 Å². The lowest BCUT2D eigenvalue weighted by Gasteiger charge is -2.44. The fourth-order valence-corrected chi connectivity index (χ4v) is 6.83. The Bertz CT molecular complexity index is 771. The Hall–Kier alpha value is -1.44. The number of ether oxygens (including phenoxy) is 1. The van der Waals surface area contributed by atoms with Gasteiger partial charge in [0.25, 0.3) is 0 Å². The maximum absolute atomic E-state index is 13.4. The van der Waals surface area contributed by atoms with E-state index in [0.717, 1.165) is 58.3 Å². The Morgan fingerprint density at radius 3 is 3.00 bits per heavy atom. The van der Waals surface area contributed by atoms with Crippen molar-refractivity contribution in [1.82, 2.24) is 15.1 Å². The first kappa shape index (κ1) is 18.6. The van der Waals surface area contributed by atoms with E-state index in [2.05, 4.69) is 23.7 Å². The van der Waals surface area contributed by atoms with Gasteiger partial charge in [0.05, 0.1) is 24.7 Å². The van der Waals surface area contributed by atoms with E-state index in [1.807, 2.05) is 21.1 Å². The summed E-state index contributed by atoms with van der Waals surface area (Å²) in [5.74, 6) is 0.332. The van der Waals surface area contributed by atoms with Crippen molar-refractivity contribution in [3.63, 3.8) is 0 Å². The third kappa shape index (κ3) is 2.82. The van der Waals surface area contributed by atoms with Gasteiger partial charge in [-0.05, 0) is 42.7 Å². The van der Waals surface area contributed by atoms with Crippen molar-refractivity contribution in [3.8, 4) is 0 Å². The van der Waals surface area contributed by atoms with Crippen molar-refractivity contribution in [3.05, 3.63) is 21.9 Å². The molecule has 5 rings (SSSR count). The zero-order chi connectivity index (χ0) is 19.3. The maximum atomic E-state index is 13.4. The van der Waals surface area contributed by atoms with Crippen LogP contribution in [0.1, 0.15) is 43.0 Å². The van der Waals surface area contributed by atoms with Crippen LogP contribution in [0.5, 0.6) is 0 Å². The Kier molecular flexibility index (Phi) is 4.72. The van der Waals surface area contributed by atoms with Gasteiger partial charge in [0.2, 0.25) is 11.8 Å². The van der Waals surface area contributed by atoms with E-state index in [-0.39, 0.29) is 35.4 Å². The van der Waals surface area contributed by atoms with Crippen LogP contribution in [0.25, 0.3) is 0 Å². The zero-order valence-corrected chi connectivity index (χ0v) is 17.3. The Morgan fingerprint density at radius 1 is 1.39 bits per heavy atom. The summed E-state index contributed by atoms with van der Waals surface area (Å²) in [6.45, 7) is 5.59. The van der Waals surface area contributed by atoms with Gasteiger partial charge >= 0.3 is 0 Å². The van der Waals surface area contributed by atoms with Crippen molar-refractivity contribution in [2.75, 3.05) is 32.8 Å². The van der Waals surface area contributed by atoms with Gasteiger partial charge in [-0.3, -0.25) is 9.59 Å². The quantitative estimate of drug-likeness (QED) is 0.817. The van der Waals surface area contributed by atoms with Crippen molar-refractivity contribution >= 4 is 23.2 Å². The van der Waals surface area contributed by atoms with Gasteiger partial charge in [0, 0.05) is 43.0 Å². The van der Waals surface area contributed by atoms with Crippen LogP contribution in [0.2, 0.25) is 0 Å². The molecule has 0 radical (unpaired) electrons. The maximum Gasteiger partial charge on any atom is 0.237 e. The molecule has 0 saturated carbocycles. The molecule has 3 saturated heterocycles. The zero-order valence-electron chi connectivity index (χ0n) is 16.5. The van der Waals surface area contributed by atoms with Crippen LogP contribution in [0.15, 0.2) is 11.4 Å². The van der Waals surface area contributed by atoms with Gasteiger partial charge in [-0.2, -0.15) is 0 Å². The van der Waals surface area contributed by atoms with Crippen molar-refractivity contribution in [2.24, 2.45) is 5.92 Å². The topological polar surface area (TPSA) is 61.9 Å². The number of carbonyl (C=O) groups excluding carboxylic acids is 2. The molecule has 1 N–H and O–H groups in total. The molecule has 2 amide bonds. The number of carbonyl (C=O) groups is 2. The molecule has 28 heavy (non-hydrogen) atoms. The summed E-state index contributed by atoms with van der Waals surface area (Å²) in [7, 11) is 0. The van der Waals surface area contributed by atoms with Crippen molar-refractivity contribution in [2.45, 2.75) is 56.7 Å². The van der Waals surface area contributed by atoms with Crippen LogP contribution in [0, 0.1) is 5.92 Å². The van der Waals surface area contributed by atoms with E-state index >= 15 is 0 Å². The molecule has 0 aromatic carbocycles. The minimum atomic E-state index is -0.193. The largest absolute Gasteiger partial charge is 0.370 e. The third-order valence-electron chi connectivity index (χ3n) is 7.25. The van der Waals surface area contributed by atoms with Crippen molar-refractivity contribution in [1.29, 1.82) is 0 Å². The lowest BCUT2D eigenvalue weighted by molar-refractivity contribution is -0.146. The van der Waals surface area contributed by atoms with Crippen molar-refractivity contribution < 1.29 is 14.3 Å². The third-order valence-corrected chi connectivity index (χ3v) is 8.23. The molecule has 0 unspecified atom stereocenters. The average molecular weight is 404 g/mol. The molecule has 1 spiro atoms. The van der Waals surface area contributed by atoms with E-state index in [1.54, 1.807) is 0 Å². The average Bonchev–Trinajstić information content (AvgIpc) is 3.34. The number of rotatable bonds is 2. The van der Waals surface area contributed by atoms with E-state index < -0.39 is 0 Å². The summed E-state index contributed by atoms with van der Waals surface area (Å²) in [5.41, 5.74) is 1.17. The normalized spacial score (nSPS) is 31.8. The highest BCUT2D eigenvalue weighted by Crippen LogP contribution is 2.44. The second-order valence-corrected chi connectivity index (χ2v) is 9.58. The number of piperazine rings is 1. The van der Waals surface area contributed by atoms with Gasteiger partial charge < -0.3 is 19.9 Å². The number of fused-ring (bicyclic) bond motifs is 3. The van der Waals surface area contributed by atoms with Crippen LogP contribution in [0.4, 0.5) is 0 Å². The highest BCUT2D eigenvalue weighted by Gasteiger charge is 2.49. The van der Waals surface area contributed by atoms with E-state index in [0.29, 0.717) is 6.54 Å². The van der Waals surface area contributed by atoms with Crippen LogP contribution < -0.4 is 5.32 Å². The molecule has 0 bridgehead atoms. The van der Waals surface area contributed by atoms with E-state index in [9.17, 15) is 9.59 Å². The first-order valence-corrected chi connectivity index (χ1v) is 11.5. The molecule has 3 fully saturated rings. The number of amides is 2. The second-order valence-electron chi connectivity index (χ2n) is 8.58. The van der Waals surface area contributed by atoms with Crippen LogP contribution in [-0.2, 0) is 26.3 Å². The molecule has 1 aromatic heterocycles. The van der Waals surface area contributed by atoms with Gasteiger partial charge in [0.15, 0.2) is 0 Å². The molecular weight excluding hydrogens is 374 g/mol. The highest BCUT2D eigenvalue weighted by molar-refractivity contribution is 7.10. The fourth-order valence-electron chi connectivity index (χ4n) is 5.88. The number of thiophene rings is 1. The number of hydrogen-bond donors (Lipinski definition) is 1. The minimum absolute atomic E-state index is 0.0531. The smallest absolute Gasteiger partial charge is 0.237 e. The number of hydrogen-bond acceptors (Lipinski definition) is 5. The van der Waals surface area contributed by atoms with Crippen LogP contribution in [-0.4, -0.2) is 66.5 Å². The Labute approximate surface area is 170 Å². The summed E-state index contributed by atoms with van der Waals surface area (Å²) in [5, 5.41) is 5.37. The van der Waals surface area contributed by atoms with Gasteiger partial charge in [-0.15, -0.1) is 11.3 Å². The number of nitrogens with one attached hydrogen (secondary N) is 1. The minimum Gasteiger partial charge on any atom is -0.370 e. The SMILES string of the molecule is CC[C@@H]1[C@H](C(=O)N2CCC3(CC2)OCCc2sccc23)C[C@@H]2CNCC(=O)N21. The number of likely N-dealkylation sites (tertiary alicyclic amines) is 1. The first-order chi connectivity index (χ1) is 13.6. The summed E-state index contributed by atoms with van der Waals surface area (Å²) >= 11 is 1.83. The fraction of sp³-hybridized carbons (Fsp3) is 0.714. The molecule has 1 aromatic rings. The highest BCUT2D eigenvalue weighted by atomic mass is 32.1. The predicted molar refractivity (Wildman–Crippen MR) is 107 cm³/mol. The summed E-state index contributed by atoms with van der Waals surface area (Å²) in [6.07, 6.45) is 4.40. The second kappa shape index (κ2) is 7.11. The summed E-state index contributed by atoms with van der Waals surface area (Å²) in [6, 6.07) is 2.45. The molecule has 4 aliphatic heterocycles. The first-order valence-electron chi connectivity index (χ1n) is 10.6. The monoisotopic (exact) mass is 403 g/mol. The molecule has 7 heteroatoms. The van der Waals surface area contributed by atoms with Gasteiger partial charge in [-0.1, -0.05) is 6.92 Å². The van der Waals surface area contributed by atoms with E-state index in [4.69, 9.17) is 4.74 Å². The predicted octanol–water partition coefficient (Wildman–Crippen LogP) is 1.74. The van der Waals surface area contributed by atoms with Gasteiger partial charge in [0.1, 0.15) is 0 Å². The number of nitrogens with zero attached hydrogens (tertiary/aromatic N) is 2. The Balaban J connectivity index is 1.30. The molecule has 152 valence electrons. The summed E-state index contributed by atoms with van der Waals surface area (Å²) < 4.78 is 6.29.